The maximum absolute atomic E-state index is 14.0. The van der Waals surface area contributed by atoms with Crippen LogP contribution in [0.15, 0.2) is 92.7 Å². The molecule has 5 rings (SSSR count). The Hall–Kier alpha value is -4.15. The summed E-state index contributed by atoms with van der Waals surface area (Å²) in [7, 11) is 1.52. The molecule has 1 aliphatic heterocycles. The first-order valence-corrected chi connectivity index (χ1v) is 15.3. The van der Waals surface area contributed by atoms with Gasteiger partial charge in [0.25, 0.3) is 5.56 Å². The van der Waals surface area contributed by atoms with E-state index < -0.39 is 12.0 Å². The second-order valence-electron chi connectivity index (χ2n) is 9.37. The molecule has 0 aliphatic carbocycles. The molecule has 3 aromatic carbocycles. The number of thiazole rings is 1. The number of hydrogen-bond acceptors (Lipinski definition) is 8. The van der Waals surface area contributed by atoms with Crippen molar-refractivity contribution in [3.63, 3.8) is 0 Å². The number of aromatic nitrogens is 1. The van der Waals surface area contributed by atoms with E-state index in [2.05, 4.69) is 4.99 Å². The fraction of sp³-hybridized carbons (Fsp3) is 0.219. The van der Waals surface area contributed by atoms with Gasteiger partial charge in [-0.3, -0.25) is 9.36 Å². The molecule has 1 aliphatic rings. The molecule has 0 amide bonds. The normalized spacial score (nSPS) is 14.8. The van der Waals surface area contributed by atoms with Crippen LogP contribution in [0.25, 0.3) is 6.08 Å². The molecule has 7 nitrogen and oxygen atoms in total. The van der Waals surface area contributed by atoms with Crippen molar-refractivity contribution >= 4 is 35.1 Å². The van der Waals surface area contributed by atoms with Crippen LogP contribution in [-0.4, -0.2) is 30.5 Å². The van der Waals surface area contributed by atoms with Crippen LogP contribution in [0, 0.1) is 5.82 Å². The Bertz CT molecular complexity index is 1840. The van der Waals surface area contributed by atoms with Crippen LogP contribution in [0.1, 0.15) is 36.6 Å². The molecule has 0 fully saturated rings. The van der Waals surface area contributed by atoms with Crippen LogP contribution in [-0.2, 0) is 16.1 Å². The zero-order valence-electron chi connectivity index (χ0n) is 23.5. The molecule has 0 saturated carbocycles. The number of ether oxygens (including phenoxy) is 3. The summed E-state index contributed by atoms with van der Waals surface area (Å²) in [5.41, 5.74) is 2.50. The van der Waals surface area contributed by atoms with E-state index in [4.69, 9.17) is 14.2 Å². The van der Waals surface area contributed by atoms with Crippen molar-refractivity contribution in [2.45, 2.75) is 31.4 Å². The lowest BCUT2D eigenvalue weighted by Gasteiger charge is -2.24. The van der Waals surface area contributed by atoms with Crippen LogP contribution in [0.4, 0.5) is 4.39 Å². The smallest absolute Gasteiger partial charge is 0.338 e. The van der Waals surface area contributed by atoms with E-state index in [1.165, 1.54) is 24.5 Å². The molecule has 0 saturated heterocycles. The number of thioether (sulfide) groups is 1. The average Bonchev–Trinajstić information content (AvgIpc) is 3.30. The molecular weight excluding hydrogens is 575 g/mol. The predicted molar refractivity (Wildman–Crippen MR) is 162 cm³/mol. The van der Waals surface area contributed by atoms with Crippen molar-refractivity contribution in [1.82, 2.24) is 4.57 Å². The third-order valence-electron chi connectivity index (χ3n) is 6.78. The lowest BCUT2D eigenvalue weighted by atomic mass is 9.96. The van der Waals surface area contributed by atoms with Gasteiger partial charge in [-0.25, -0.2) is 14.2 Å². The lowest BCUT2D eigenvalue weighted by Crippen LogP contribution is -2.39. The molecular formula is C32H29FN2O5S2. The molecule has 0 N–H and O–H groups in total. The molecule has 0 bridgehead atoms. The summed E-state index contributed by atoms with van der Waals surface area (Å²) in [6.07, 6.45) is 3.74. The summed E-state index contributed by atoms with van der Waals surface area (Å²) >= 11 is 2.86. The van der Waals surface area contributed by atoms with Crippen molar-refractivity contribution in [2.75, 3.05) is 20.0 Å². The van der Waals surface area contributed by atoms with Crippen LogP contribution in [0.5, 0.6) is 11.5 Å². The largest absolute Gasteiger partial charge is 0.493 e. The number of fused-ring (bicyclic) bond motifs is 1. The summed E-state index contributed by atoms with van der Waals surface area (Å²) in [5.74, 6) is 0.0498. The molecule has 1 atom stereocenters. The lowest BCUT2D eigenvalue weighted by molar-refractivity contribution is -0.139. The van der Waals surface area contributed by atoms with Crippen molar-refractivity contribution < 1.29 is 23.4 Å². The van der Waals surface area contributed by atoms with Gasteiger partial charge in [-0.05, 0) is 67.6 Å². The standard InChI is InChI=1S/C32H29FN2O5S2/c1-5-39-31(37)28-19(2)34-32-35(29(28)21-11-13-23(41-4)14-12-21)30(36)27(42-32)17-20-10-15-25(26(16-20)38-3)40-18-22-8-6-7-9-24(22)33/h6-17,29H,5,18H2,1-4H3/b27-17-/t29-/m1/s1. The fourth-order valence-corrected chi connectivity index (χ4v) is 6.16. The third-order valence-corrected chi connectivity index (χ3v) is 8.50. The quantitative estimate of drug-likeness (QED) is 0.192. The summed E-state index contributed by atoms with van der Waals surface area (Å²) in [6.45, 7) is 3.76. The van der Waals surface area contributed by atoms with Crippen LogP contribution < -0.4 is 24.4 Å². The number of methoxy groups -OCH3 is 1. The van der Waals surface area contributed by atoms with Crippen molar-refractivity contribution in [2.24, 2.45) is 4.99 Å². The Labute approximate surface area is 250 Å². The zero-order valence-corrected chi connectivity index (χ0v) is 25.2. The first-order chi connectivity index (χ1) is 20.3. The van der Waals surface area contributed by atoms with Crippen molar-refractivity contribution in [3.05, 3.63) is 120 Å². The zero-order chi connectivity index (χ0) is 29.8. The number of carbonyl (C=O) groups is 1. The van der Waals surface area contributed by atoms with E-state index in [-0.39, 0.29) is 24.6 Å². The van der Waals surface area contributed by atoms with Gasteiger partial charge in [-0.2, -0.15) is 0 Å². The maximum Gasteiger partial charge on any atom is 0.338 e. The van der Waals surface area contributed by atoms with Crippen LogP contribution >= 0.6 is 23.1 Å². The Morgan fingerprint density at radius 2 is 1.88 bits per heavy atom. The van der Waals surface area contributed by atoms with Gasteiger partial charge in [0, 0.05) is 10.5 Å². The van der Waals surface area contributed by atoms with Crippen LogP contribution in [0.2, 0.25) is 0 Å². The molecule has 2 heterocycles. The van der Waals surface area contributed by atoms with E-state index in [0.29, 0.717) is 43.2 Å². The predicted octanol–water partition coefficient (Wildman–Crippen LogP) is 5.25. The Balaban J connectivity index is 1.54. The number of rotatable bonds is 9. The van der Waals surface area contributed by atoms with E-state index in [1.807, 2.05) is 30.5 Å². The third kappa shape index (κ3) is 5.91. The summed E-state index contributed by atoms with van der Waals surface area (Å²) in [6, 6.07) is 18.8. The Kier molecular flexibility index (Phi) is 8.94. The van der Waals surface area contributed by atoms with E-state index >= 15 is 0 Å². The topological polar surface area (TPSA) is 79.1 Å². The molecule has 10 heteroatoms. The number of nitrogens with zero attached hydrogens (tertiary/aromatic N) is 2. The average molecular weight is 605 g/mol. The Morgan fingerprint density at radius 3 is 2.57 bits per heavy atom. The minimum absolute atomic E-state index is 0.0427. The summed E-state index contributed by atoms with van der Waals surface area (Å²) < 4.78 is 32.8. The molecule has 0 unspecified atom stereocenters. The minimum Gasteiger partial charge on any atom is -0.493 e. The number of hydrogen-bond donors (Lipinski definition) is 0. The van der Waals surface area contributed by atoms with Gasteiger partial charge in [-0.15, -0.1) is 11.8 Å². The second kappa shape index (κ2) is 12.8. The number of halogens is 1. The number of esters is 1. The highest BCUT2D eigenvalue weighted by molar-refractivity contribution is 7.98. The van der Waals surface area contributed by atoms with Gasteiger partial charge in [0.05, 0.1) is 35.6 Å². The fourth-order valence-electron chi connectivity index (χ4n) is 4.71. The van der Waals surface area contributed by atoms with Gasteiger partial charge >= 0.3 is 5.97 Å². The monoisotopic (exact) mass is 604 g/mol. The number of benzene rings is 3. The molecule has 42 heavy (non-hydrogen) atoms. The highest BCUT2D eigenvalue weighted by atomic mass is 32.2. The van der Waals surface area contributed by atoms with E-state index in [1.54, 1.807) is 72.7 Å². The van der Waals surface area contributed by atoms with Gasteiger partial charge in [0.1, 0.15) is 12.4 Å². The maximum atomic E-state index is 14.0. The van der Waals surface area contributed by atoms with Gasteiger partial charge < -0.3 is 14.2 Å². The van der Waals surface area contributed by atoms with Crippen molar-refractivity contribution in [1.29, 1.82) is 0 Å². The van der Waals surface area contributed by atoms with Gasteiger partial charge in [0.2, 0.25) is 0 Å². The highest BCUT2D eigenvalue weighted by Gasteiger charge is 2.33. The number of allylic oxidation sites excluding steroid dienone is 1. The molecule has 1 aromatic heterocycles. The highest BCUT2D eigenvalue weighted by Crippen LogP contribution is 2.32. The first-order valence-electron chi connectivity index (χ1n) is 13.2. The molecule has 0 radical (unpaired) electrons. The minimum atomic E-state index is -0.679. The first kappa shape index (κ1) is 29.3. The SMILES string of the molecule is CCOC(=O)C1=C(C)N=c2s/c(=C\c3ccc(OCc4ccccc4F)c(OC)c3)c(=O)n2[C@@H]1c1ccc(SC)cc1. The van der Waals surface area contributed by atoms with Gasteiger partial charge in [-0.1, -0.05) is 47.7 Å². The van der Waals surface area contributed by atoms with Crippen LogP contribution in [0.3, 0.4) is 0 Å². The second-order valence-corrected chi connectivity index (χ2v) is 11.3. The Morgan fingerprint density at radius 1 is 1.12 bits per heavy atom. The van der Waals surface area contributed by atoms with E-state index in [9.17, 15) is 14.0 Å². The molecule has 216 valence electrons. The van der Waals surface area contributed by atoms with E-state index in [0.717, 1.165) is 10.5 Å². The van der Waals surface area contributed by atoms with Gasteiger partial charge in [0.15, 0.2) is 16.3 Å². The number of carbonyl (C=O) groups excluding carboxylic acids is 1. The summed E-state index contributed by atoms with van der Waals surface area (Å²) in [4.78, 5) is 33.2. The molecule has 0 spiro atoms. The van der Waals surface area contributed by atoms with Crippen molar-refractivity contribution in [3.8, 4) is 11.5 Å². The molecule has 4 aromatic rings. The summed E-state index contributed by atoms with van der Waals surface area (Å²) in [5, 5.41) is 0.